The predicted molar refractivity (Wildman–Crippen MR) is 84.9 cm³/mol. The summed E-state index contributed by atoms with van der Waals surface area (Å²) in [6, 6.07) is 5.63. The third-order valence-corrected chi connectivity index (χ3v) is 4.82. The van der Waals surface area contributed by atoms with E-state index >= 15 is 0 Å². The zero-order valence-corrected chi connectivity index (χ0v) is 12.6. The first-order valence-corrected chi connectivity index (χ1v) is 7.95. The van der Waals surface area contributed by atoms with Crippen LogP contribution in [0.1, 0.15) is 34.3 Å². The van der Waals surface area contributed by atoms with Gasteiger partial charge in [-0.15, -0.1) is 0 Å². The Morgan fingerprint density at radius 2 is 2.40 bits per heavy atom. The smallest absolute Gasteiger partial charge is 0.251 e. The summed E-state index contributed by atoms with van der Waals surface area (Å²) in [7, 11) is 0. The first-order valence-electron chi connectivity index (χ1n) is 6.90. The number of amides is 1. The van der Waals surface area contributed by atoms with Crippen molar-refractivity contribution < 1.29 is 4.79 Å². The summed E-state index contributed by atoms with van der Waals surface area (Å²) in [5.41, 5.74) is 7.89. The van der Waals surface area contributed by atoms with E-state index in [1.54, 1.807) is 0 Å². The maximum atomic E-state index is 12.3. The van der Waals surface area contributed by atoms with E-state index in [4.69, 9.17) is 5.73 Å². The highest BCUT2D eigenvalue weighted by atomic mass is 32.2. The molecule has 0 aromatic heterocycles. The zero-order chi connectivity index (χ0) is 14.4. The fourth-order valence-corrected chi connectivity index (χ4v) is 3.47. The maximum Gasteiger partial charge on any atom is 0.251 e. The van der Waals surface area contributed by atoms with E-state index in [1.807, 2.05) is 36.9 Å². The fourth-order valence-electron chi connectivity index (χ4n) is 2.27. The molecule has 1 aliphatic rings. The van der Waals surface area contributed by atoms with Crippen LogP contribution in [0, 0.1) is 18.8 Å². The number of benzene rings is 1. The number of thioether (sulfide) groups is 1. The van der Waals surface area contributed by atoms with Gasteiger partial charge >= 0.3 is 0 Å². The van der Waals surface area contributed by atoms with E-state index in [0.717, 1.165) is 17.7 Å². The Morgan fingerprint density at radius 1 is 1.55 bits per heavy atom. The number of carbonyl (C=O) groups is 1. The van der Waals surface area contributed by atoms with E-state index in [2.05, 4.69) is 17.2 Å². The Morgan fingerprint density at radius 3 is 3.10 bits per heavy atom. The normalized spacial score (nSPS) is 17.4. The van der Waals surface area contributed by atoms with E-state index in [0.29, 0.717) is 17.4 Å². The molecule has 106 valence electrons. The summed E-state index contributed by atoms with van der Waals surface area (Å²) in [4.78, 5) is 12.3. The van der Waals surface area contributed by atoms with Gasteiger partial charge in [-0.1, -0.05) is 17.9 Å². The Bertz CT molecular complexity index is 539. The molecule has 0 spiro atoms. The van der Waals surface area contributed by atoms with Crippen LogP contribution >= 0.6 is 11.8 Å². The number of rotatable bonds is 3. The second-order valence-electron chi connectivity index (χ2n) is 4.83. The lowest BCUT2D eigenvalue weighted by molar-refractivity contribution is 0.0953. The molecule has 3 nitrogen and oxygen atoms in total. The molecular formula is C16H20N2OS. The van der Waals surface area contributed by atoms with Crippen LogP contribution in [-0.2, 0) is 0 Å². The quantitative estimate of drug-likeness (QED) is 0.836. The summed E-state index contributed by atoms with van der Waals surface area (Å²) in [5.74, 6) is 7.04. The highest BCUT2D eigenvalue weighted by Gasteiger charge is 2.17. The van der Waals surface area contributed by atoms with Crippen molar-refractivity contribution in [1.29, 1.82) is 0 Å². The van der Waals surface area contributed by atoms with Crippen molar-refractivity contribution in [1.82, 2.24) is 5.32 Å². The minimum Gasteiger partial charge on any atom is -0.351 e. The SMILES string of the molecule is Cc1c(C#CCN)cccc1C(=O)NCC1CCCS1. The van der Waals surface area contributed by atoms with Crippen molar-refractivity contribution in [3.05, 3.63) is 34.9 Å². The van der Waals surface area contributed by atoms with Crippen LogP contribution in [0.15, 0.2) is 18.2 Å². The monoisotopic (exact) mass is 288 g/mol. The lowest BCUT2D eigenvalue weighted by atomic mass is 10.0. The maximum absolute atomic E-state index is 12.3. The molecule has 4 heteroatoms. The second-order valence-corrected chi connectivity index (χ2v) is 6.24. The average molecular weight is 288 g/mol. The Hall–Kier alpha value is -1.44. The van der Waals surface area contributed by atoms with Crippen molar-refractivity contribution >= 4 is 17.7 Å². The van der Waals surface area contributed by atoms with Gasteiger partial charge in [-0.05, 0) is 43.2 Å². The van der Waals surface area contributed by atoms with E-state index in [-0.39, 0.29) is 5.91 Å². The van der Waals surface area contributed by atoms with Crippen molar-refractivity contribution in [2.75, 3.05) is 18.8 Å². The third-order valence-electron chi connectivity index (χ3n) is 3.42. The van der Waals surface area contributed by atoms with Crippen LogP contribution in [0.3, 0.4) is 0 Å². The minimum atomic E-state index is -0.00796. The number of nitrogens with one attached hydrogen (secondary N) is 1. The highest BCUT2D eigenvalue weighted by molar-refractivity contribution is 8.00. The Labute approximate surface area is 124 Å². The molecule has 20 heavy (non-hydrogen) atoms. The van der Waals surface area contributed by atoms with Crippen LogP contribution in [0.25, 0.3) is 0 Å². The van der Waals surface area contributed by atoms with Gasteiger partial charge in [0.15, 0.2) is 0 Å². The van der Waals surface area contributed by atoms with Crippen molar-refractivity contribution in [2.45, 2.75) is 25.0 Å². The molecule has 1 aliphatic heterocycles. The average Bonchev–Trinajstić information content (AvgIpc) is 2.97. The van der Waals surface area contributed by atoms with Gasteiger partial charge in [0.25, 0.3) is 5.91 Å². The van der Waals surface area contributed by atoms with E-state index in [1.165, 1.54) is 18.6 Å². The standard InChI is InChI=1S/C16H20N2OS/c1-12-13(6-3-9-17)5-2-8-15(12)16(19)18-11-14-7-4-10-20-14/h2,5,8,14H,4,7,9-11,17H2,1H3,(H,18,19). The molecule has 0 saturated carbocycles. The van der Waals surface area contributed by atoms with Gasteiger partial charge in [-0.25, -0.2) is 0 Å². The van der Waals surface area contributed by atoms with Gasteiger partial charge in [0.05, 0.1) is 6.54 Å². The number of hydrogen-bond donors (Lipinski definition) is 2. The van der Waals surface area contributed by atoms with Gasteiger partial charge in [0.2, 0.25) is 0 Å². The van der Waals surface area contributed by atoms with E-state index < -0.39 is 0 Å². The second kappa shape index (κ2) is 7.37. The summed E-state index contributed by atoms with van der Waals surface area (Å²) in [5, 5.41) is 3.60. The topological polar surface area (TPSA) is 55.1 Å². The van der Waals surface area contributed by atoms with E-state index in [9.17, 15) is 4.79 Å². The van der Waals surface area contributed by atoms with Crippen LogP contribution in [-0.4, -0.2) is 30.0 Å². The Kier molecular flexibility index (Phi) is 5.51. The number of hydrogen-bond acceptors (Lipinski definition) is 3. The molecule has 1 fully saturated rings. The third kappa shape index (κ3) is 3.78. The number of nitrogens with two attached hydrogens (primary N) is 1. The molecule has 1 aromatic carbocycles. The molecule has 0 aliphatic carbocycles. The summed E-state index contributed by atoms with van der Waals surface area (Å²) in [6.45, 7) is 3.01. The van der Waals surface area contributed by atoms with Gasteiger partial charge in [-0.2, -0.15) is 11.8 Å². The number of carbonyl (C=O) groups excluding carboxylic acids is 1. The molecular weight excluding hydrogens is 268 g/mol. The molecule has 1 saturated heterocycles. The first-order chi connectivity index (χ1) is 9.72. The molecule has 1 amide bonds. The molecule has 1 aromatic rings. The molecule has 0 bridgehead atoms. The van der Waals surface area contributed by atoms with Gasteiger partial charge < -0.3 is 11.1 Å². The van der Waals surface area contributed by atoms with Crippen LogP contribution in [0.2, 0.25) is 0 Å². The van der Waals surface area contributed by atoms with Gasteiger partial charge in [-0.3, -0.25) is 4.79 Å². The van der Waals surface area contributed by atoms with Crippen LogP contribution < -0.4 is 11.1 Å². The summed E-state index contributed by atoms with van der Waals surface area (Å²) in [6.07, 6.45) is 2.46. The Balaban J connectivity index is 2.05. The first kappa shape index (κ1) is 15.0. The van der Waals surface area contributed by atoms with Gasteiger partial charge in [0, 0.05) is 22.9 Å². The largest absolute Gasteiger partial charge is 0.351 e. The molecule has 0 radical (unpaired) electrons. The lowest BCUT2D eigenvalue weighted by Crippen LogP contribution is -2.30. The molecule has 2 rings (SSSR count). The molecule has 1 heterocycles. The highest BCUT2D eigenvalue weighted by Crippen LogP contribution is 2.25. The molecule has 3 N–H and O–H groups in total. The minimum absolute atomic E-state index is 0.00796. The predicted octanol–water partition coefficient (Wildman–Crippen LogP) is 1.93. The fraction of sp³-hybridized carbons (Fsp3) is 0.438. The molecule has 1 unspecified atom stereocenters. The van der Waals surface area contributed by atoms with Crippen molar-refractivity contribution in [2.24, 2.45) is 5.73 Å². The molecule has 1 atom stereocenters. The van der Waals surface area contributed by atoms with Gasteiger partial charge in [0.1, 0.15) is 0 Å². The lowest BCUT2D eigenvalue weighted by Gasteiger charge is -2.12. The van der Waals surface area contributed by atoms with Crippen LogP contribution in [0.5, 0.6) is 0 Å². The zero-order valence-electron chi connectivity index (χ0n) is 11.7. The summed E-state index contributed by atoms with van der Waals surface area (Å²) >= 11 is 1.95. The van der Waals surface area contributed by atoms with Crippen molar-refractivity contribution in [3.63, 3.8) is 0 Å². The van der Waals surface area contributed by atoms with Crippen LogP contribution in [0.4, 0.5) is 0 Å². The van der Waals surface area contributed by atoms with Crippen molar-refractivity contribution in [3.8, 4) is 11.8 Å². The summed E-state index contributed by atoms with van der Waals surface area (Å²) < 4.78 is 0.